The molecule has 4 heteroatoms. The molecule has 0 fully saturated rings. The van der Waals surface area contributed by atoms with E-state index in [0.717, 1.165) is 19.6 Å². The number of hydrogen-bond donors (Lipinski definition) is 2. The lowest BCUT2D eigenvalue weighted by molar-refractivity contribution is -0.125. The molecule has 3 N–H and O–H groups in total. The van der Waals surface area contributed by atoms with Crippen molar-refractivity contribution in [1.82, 2.24) is 5.32 Å². The van der Waals surface area contributed by atoms with Gasteiger partial charge in [-0.3, -0.25) is 4.79 Å². The minimum Gasteiger partial charge on any atom is -0.378 e. The fourth-order valence-electron chi connectivity index (χ4n) is 2.20. The lowest BCUT2D eigenvalue weighted by Gasteiger charge is -2.30. The highest BCUT2D eigenvalue weighted by Gasteiger charge is 2.32. The maximum absolute atomic E-state index is 11.6. The molecule has 0 rings (SSSR count). The SMILES string of the molecule is CCCNC(C)(CC(C)OCC(C)CCC)C(N)=O. The molecule has 0 saturated heterocycles. The molecule has 0 aliphatic carbocycles. The van der Waals surface area contributed by atoms with Crippen LogP contribution in [0.15, 0.2) is 0 Å². The van der Waals surface area contributed by atoms with Gasteiger partial charge < -0.3 is 15.8 Å². The number of primary amides is 1. The number of carbonyl (C=O) groups is 1. The molecule has 114 valence electrons. The van der Waals surface area contributed by atoms with E-state index in [0.29, 0.717) is 12.3 Å². The van der Waals surface area contributed by atoms with Gasteiger partial charge in [-0.1, -0.05) is 27.2 Å². The molecular formula is C15H32N2O2. The Morgan fingerprint density at radius 2 is 1.95 bits per heavy atom. The van der Waals surface area contributed by atoms with Crippen LogP contribution >= 0.6 is 0 Å². The van der Waals surface area contributed by atoms with Crippen molar-refractivity contribution in [3.05, 3.63) is 0 Å². The van der Waals surface area contributed by atoms with Crippen molar-refractivity contribution in [2.45, 2.75) is 71.9 Å². The Morgan fingerprint density at radius 3 is 2.42 bits per heavy atom. The van der Waals surface area contributed by atoms with Gasteiger partial charge in [-0.05, 0) is 39.2 Å². The lowest BCUT2D eigenvalue weighted by atomic mass is 9.93. The quantitative estimate of drug-likeness (QED) is 0.607. The highest BCUT2D eigenvalue weighted by molar-refractivity contribution is 5.84. The molecule has 0 bridgehead atoms. The van der Waals surface area contributed by atoms with Gasteiger partial charge in [0.2, 0.25) is 5.91 Å². The Hall–Kier alpha value is -0.610. The van der Waals surface area contributed by atoms with Crippen LogP contribution < -0.4 is 11.1 Å². The van der Waals surface area contributed by atoms with Crippen molar-refractivity contribution < 1.29 is 9.53 Å². The summed E-state index contributed by atoms with van der Waals surface area (Å²) in [5, 5.41) is 3.23. The first-order valence-corrected chi connectivity index (χ1v) is 7.52. The van der Waals surface area contributed by atoms with Crippen molar-refractivity contribution in [2.24, 2.45) is 11.7 Å². The van der Waals surface area contributed by atoms with Gasteiger partial charge in [0.15, 0.2) is 0 Å². The first kappa shape index (κ1) is 18.4. The molecule has 0 aromatic rings. The molecule has 0 radical (unpaired) electrons. The maximum atomic E-state index is 11.6. The van der Waals surface area contributed by atoms with E-state index in [2.05, 4.69) is 26.1 Å². The number of nitrogens with two attached hydrogens (primary N) is 1. The van der Waals surface area contributed by atoms with E-state index in [4.69, 9.17) is 10.5 Å². The molecule has 0 aliphatic heterocycles. The van der Waals surface area contributed by atoms with Gasteiger partial charge >= 0.3 is 0 Å². The highest BCUT2D eigenvalue weighted by atomic mass is 16.5. The summed E-state index contributed by atoms with van der Waals surface area (Å²) in [6.45, 7) is 11.8. The van der Waals surface area contributed by atoms with E-state index in [1.165, 1.54) is 12.8 Å². The third kappa shape index (κ3) is 7.53. The van der Waals surface area contributed by atoms with Crippen molar-refractivity contribution in [2.75, 3.05) is 13.2 Å². The Morgan fingerprint density at radius 1 is 1.32 bits per heavy atom. The third-order valence-corrected chi connectivity index (χ3v) is 3.45. The average molecular weight is 272 g/mol. The lowest BCUT2D eigenvalue weighted by Crippen LogP contribution is -2.55. The summed E-state index contributed by atoms with van der Waals surface area (Å²) in [6, 6.07) is 0. The number of ether oxygens (including phenoxy) is 1. The van der Waals surface area contributed by atoms with E-state index in [9.17, 15) is 4.79 Å². The normalized spacial score (nSPS) is 17.7. The highest BCUT2D eigenvalue weighted by Crippen LogP contribution is 2.16. The smallest absolute Gasteiger partial charge is 0.237 e. The van der Waals surface area contributed by atoms with E-state index in [1.54, 1.807) is 0 Å². The summed E-state index contributed by atoms with van der Waals surface area (Å²) in [7, 11) is 0. The van der Waals surface area contributed by atoms with Crippen LogP contribution in [0.3, 0.4) is 0 Å². The van der Waals surface area contributed by atoms with Crippen molar-refractivity contribution in [1.29, 1.82) is 0 Å². The summed E-state index contributed by atoms with van der Waals surface area (Å²) < 4.78 is 5.83. The minimum atomic E-state index is -0.677. The molecule has 0 heterocycles. The fourth-order valence-corrected chi connectivity index (χ4v) is 2.20. The zero-order chi connectivity index (χ0) is 14.9. The Kier molecular flexibility index (Phi) is 9.02. The van der Waals surface area contributed by atoms with E-state index in [1.807, 2.05) is 13.8 Å². The first-order valence-electron chi connectivity index (χ1n) is 7.52. The summed E-state index contributed by atoms with van der Waals surface area (Å²) in [4.78, 5) is 11.6. The van der Waals surface area contributed by atoms with Crippen LogP contribution in [0.2, 0.25) is 0 Å². The molecule has 0 aliphatic rings. The predicted molar refractivity (Wildman–Crippen MR) is 80.0 cm³/mol. The predicted octanol–water partition coefficient (Wildman–Crippen LogP) is 2.46. The second-order valence-corrected chi connectivity index (χ2v) is 5.87. The molecular weight excluding hydrogens is 240 g/mol. The molecule has 3 atom stereocenters. The summed E-state index contributed by atoms with van der Waals surface area (Å²) in [6.07, 6.45) is 3.97. The zero-order valence-electron chi connectivity index (χ0n) is 13.3. The Labute approximate surface area is 118 Å². The molecule has 0 spiro atoms. The van der Waals surface area contributed by atoms with Crippen molar-refractivity contribution >= 4 is 5.91 Å². The monoisotopic (exact) mass is 272 g/mol. The molecule has 19 heavy (non-hydrogen) atoms. The molecule has 0 aromatic carbocycles. The Bertz CT molecular complexity index is 259. The van der Waals surface area contributed by atoms with Crippen LogP contribution in [0.25, 0.3) is 0 Å². The van der Waals surface area contributed by atoms with Gasteiger partial charge in [-0.25, -0.2) is 0 Å². The number of rotatable bonds is 11. The van der Waals surface area contributed by atoms with Crippen molar-refractivity contribution in [3.63, 3.8) is 0 Å². The second-order valence-electron chi connectivity index (χ2n) is 5.87. The fraction of sp³-hybridized carbons (Fsp3) is 0.933. The summed E-state index contributed by atoms with van der Waals surface area (Å²) in [5.41, 5.74) is 4.83. The van der Waals surface area contributed by atoms with Gasteiger partial charge in [0.1, 0.15) is 0 Å². The molecule has 1 amide bonds. The molecule has 3 unspecified atom stereocenters. The van der Waals surface area contributed by atoms with Crippen LogP contribution in [0.1, 0.15) is 60.3 Å². The molecule has 0 saturated carbocycles. The van der Waals surface area contributed by atoms with Crippen LogP contribution in [0.5, 0.6) is 0 Å². The Balaban J connectivity index is 4.23. The summed E-state index contributed by atoms with van der Waals surface area (Å²) >= 11 is 0. The van der Waals surface area contributed by atoms with Gasteiger partial charge in [-0.15, -0.1) is 0 Å². The average Bonchev–Trinajstić information content (AvgIpc) is 2.34. The van der Waals surface area contributed by atoms with E-state index >= 15 is 0 Å². The van der Waals surface area contributed by atoms with E-state index in [-0.39, 0.29) is 12.0 Å². The number of carbonyl (C=O) groups excluding carboxylic acids is 1. The molecule has 0 aromatic heterocycles. The first-order chi connectivity index (χ1) is 8.85. The topological polar surface area (TPSA) is 64.3 Å². The van der Waals surface area contributed by atoms with Crippen LogP contribution in [-0.2, 0) is 9.53 Å². The minimum absolute atomic E-state index is 0.0289. The van der Waals surface area contributed by atoms with Crippen LogP contribution in [0, 0.1) is 5.92 Å². The second kappa shape index (κ2) is 9.32. The number of nitrogens with one attached hydrogen (secondary N) is 1. The summed E-state index contributed by atoms with van der Waals surface area (Å²) in [5.74, 6) is 0.258. The van der Waals surface area contributed by atoms with Crippen LogP contribution in [0.4, 0.5) is 0 Å². The van der Waals surface area contributed by atoms with Gasteiger partial charge in [-0.2, -0.15) is 0 Å². The van der Waals surface area contributed by atoms with Gasteiger partial charge in [0.25, 0.3) is 0 Å². The number of hydrogen-bond acceptors (Lipinski definition) is 3. The molecule has 4 nitrogen and oxygen atoms in total. The standard InChI is InChI=1S/C15H32N2O2/c1-6-8-12(3)11-19-13(4)10-15(5,14(16)18)17-9-7-2/h12-13,17H,6-11H2,1-5H3,(H2,16,18). The van der Waals surface area contributed by atoms with Gasteiger partial charge in [0, 0.05) is 13.0 Å². The largest absolute Gasteiger partial charge is 0.378 e. The van der Waals surface area contributed by atoms with Gasteiger partial charge in [0.05, 0.1) is 11.6 Å². The zero-order valence-corrected chi connectivity index (χ0v) is 13.3. The van der Waals surface area contributed by atoms with Crippen LogP contribution in [-0.4, -0.2) is 30.7 Å². The van der Waals surface area contributed by atoms with Crippen molar-refractivity contribution in [3.8, 4) is 0 Å². The number of amides is 1. The third-order valence-electron chi connectivity index (χ3n) is 3.45. The van der Waals surface area contributed by atoms with E-state index < -0.39 is 5.54 Å². The maximum Gasteiger partial charge on any atom is 0.237 e.